The summed E-state index contributed by atoms with van der Waals surface area (Å²) in [4.78, 5) is 26.3. The van der Waals surface area contributed by atoms with Gasteiger partial charge < -0.3 is 10.0 Å². The molecule has 0 bridgehead atoms. The lowest BCUT2D eigenvalue weighted by Crippen LogP contribution is -2.47. The predicted octanol–water partition coefficient (Wildman–Crippen LogP) is 3.15. The Labute approximate surface area is 130 Å². The SMILES string of the molecule is CC1CCC(C(=O)O)CN1C(=O)CCc1cc(Br)cs1. The molecule has 2 rings (SSSR count). The van der Waals surface area contributed by atoms with Crippen molar-refractivity contribution in [2.45, 2.75) is 38.6 Å². The van der Waals surface area contributed by atoms with Gasteiger partial charge in [0.2, 0.25) is 5.91 Å². The number of aliphatic carboxylic acids is 1. The van der Waals surface area contributed by atoms with Crippen molar-refractivity contribution in [3.63, 3.8) is 0 Å². The molecule has 2 heterocycles. The van der Waals surface area contributed by atoms with Crippen LogP contribution in [0.5, 0.6) is 0 Å². The monoisotopic (exact) mass is 359 g/mol. The van der Waals surface area contributed by atoms with Crippen LogP contribution in [-0.4, -0.2) is 34.5 Å². The van der Waals surface area contributed by atoms with Crippen molar-refractivity contribution in [1.82, 2.24) is 4.90 Å². The van der Waals surface area contributed by atoms with Crippen LogP contribution in [0.1, 0.15) is 31.1 Å². The van der Waals surface area contributed by atoms with E-state index in [0.29, 0.717) is 19.4 Å². The van der Waals surface area contributed by atoms with Crippen molar-refractivity contribution in [2.24, 2.45) is 5.92 Å². The maximum atomic E-state index is 12.3. The lowest BCUT2D eigenvalue weighted by molar-refractivity contribution is -0.147. The molecule has 1 N–H and O–H groups in total. The molecule has 1 aliphatic rings. The minimum Gasteiger partial charge on any atom is -0.481 e. The standard InChI is InChI=1S/C14H18BrNO3S/c1-9-2-3-10(14(18)19)7-16(9)13(17)5-4-12-6-11(15)8-20-12/h6,8-10H,2-5,7H2,1H3,(H,18,19). The molecular weight excluding hydrogens is 342 g/mol. The molecule has 0 radical (unpaired) electrons. The molecule has 1 aromatic rings. The second kappa shape index (κ2) is 6.72. The molecule has 4 nitrogen and oxygen atoms in total. The Balaban J connectivity index is 1.91. The number of aryl methyl sites for hydroxylation is 1. The van der Waals surface area contributed by atoms with Crippen LogP contribution in [0.15, 0.2) is 15.9 Å². The summed E-state index contributed by atoms with van der Waals surface area (Å²) in [6.07, 6.45) is 2.60. The molecule has 1 fully saturated rings. The van der Waals surface area contributed by atoms with E-state index >= 15 is 0 Å². The Morgan fingerprint density at radius 2 is 2.25 bits per heavy atom. The van der Waals surface area contributed by atoms with Crippen molar-refractivity contribution >= 4 is 39.1 Å². The van der Waals surface area contributed by atoms with Gasteiger partial charge in [-0.1, -0.05) is 0 Å². The molecule has 1 aromatic heterocycles. The minimum absolute atomic E-state index is 0.0629. The quantitative estimate of drug-likeness (QED) is 0.898. The van der Waals surface area contributed by atoms with Gasteiger partial charge in [-0.15, -0.1) is 11.3 Å². The van der Waals surface area contributed by atoms with Gasteiger partial charge in [-0.25, -0.2) is 0 Å². The molecule has 0 aliphatic carbocycles. The maximum absolute atomic E-state index is 12.3. The Morgan fingerprint density at radius 3 is 2.85 bits per heavy atom. The number of carboxylic acid groups (broad SMARTS) is 1. The third-order valence-corrected chi connectivity index (χ3v) is 5.52. The average Bonchev–Trinajstić information content (AvgIpc) is 2.82. The number of amides is 1. The van der Waals surface area contributed by atoms with Gasteiger partial charge in [-0.05, 0) is 48.2 Å². The molecule has 2 atom stereocenters. The highest BCUT2D eigenvalue weighted by atomic mass is 79.9. The van der Waals surface area contributed by atoms with E-state index < -0.39 is 11.9 Å². The highest BCUT2D eigenvalue weighted by molar-refractivity contribution is 9.10. The van der Waals surface area contributed by atoms with E-state index in [-0.39, 0.29) is 11.9 Å². The molecule has 0 aromatic carbocycles. The van der Waals surface area contributed by atoms with Gasteiger partial charge in [0, 0.05) is 33.7 Å². The molecule has 1 saturated heterocycles. The maximum Gasteiger partial charge on any atom is 0.308 e. The first kappa shape index (κ1) is 15.5. The van der Waals surface area contributed by atoms with Crippen LogP contribution in [0.4, 0.5) is 0 Å². The third kappa shape index (κ3) is 3.82. The largest absolute Gasteiger partial charge is 0.481 e. The summed E-state index contributed by atoms with van der Waals surface area (Å²) < 4.78 is 1.04. The highest BCUT2D eigenvalue weighted by Crippen LogP contribution is 2.24. The van der Waals surface area contributed by atoms with Crippen LogP contribution in [0.3, 0.4) is 0 Å². The number of hydrogen-bond donors (Lipinski definition) is 1. The Kier molecular flexibility index (Phi) is 5.21. The van der Waals surface area contributed by atoms with E-state index in [2.05, 4.69) is 15.9 Å². The second-order valence-corrected chi connectivity index (χ2v) is 7.15. The number of hydrogen-bond acceptors (Lipinski definition) is 3. The number of carbonyl (C=O) groups excluding carboxylic acids is 1. The molecule has 0 spiro atoms. The zero-order chi connectivity index (χ0) is 14.7. The second-order valence-electron chi connectivity index (χ2n) is 5.24. The van der Waals surface area contributed by atoms with Gasteiger partial charge in [0.05, 0.1) is 5.92 Å². The fraction of sp³-hybridized carbons (Fsp3) is 0.571. The van der Waals surface area contributed by atoms with E-state index in [0.717, 1.165) is 17.3 Å². The van der Waals surface area contributed by atoms with E-state index in [4.69, 9.17) is 5.11 Å². The smallest absolute Gasteiger partial charge is 0.308 e. The first-order valence-corrected chi connectivity index (χ1v) is 8.40. The summed E-state index contributed by atoms with van der Waals surface area (Å²) in [6, 6.07) is 2.17. The van der Waals surface area contributed by atoms with Crippen LogP contribution in [0.25, 0.3) is 0 Å². The lowest BCUT2D eigenvalue weighted by atomic mass is 9.93. The van der Waals surface area contributed by atoms with E-state index in [1.165, 1.54) is 4.88 Å². The fourth-order valence-electron chi connectivity index (χ4n) is 2.51. The number of rotatable bonds is 4. The first-order chi connectivity index (χ1) is 9.47. The van der Waals surface area contributed by atoms with Gasteiger partial charge in [0.15, 0.2) is 0 Å². The van der Waals surface area contributed by atoms with Crippen LogP contribution in [0, 0.1) is 5.92 Å². The number of carbonyl (C=O) groups is 2. The van der Waals surface area contributed by atoms with Gasteiger partial charge >= 0.3 is 5.97 Å². The van der Waals surface area contributed by atoms with Crippen LogP contribution >= 0.6 is 27.3 Å². The topological polar surface area (TPSA) is 57.6 Å². The summed E-state index contributed by atoms with van der Waals surface area (Å²) >= 11 is 5.03. The number of piperidine rings is 1. The molecular formula is C14H18BrNO3S. The molecule has 1 aliphatic heterocycles. The number of thiophene rings is 1. The fourth-order valence-corrected chi connectivity index (χ4v) is 3.97. The van der Waals surface area contributed by atoms with Crippen molar-refractivity contribution in [2.75, 3.05) is 6.54 Å². The highest BCUT2D eigenvalue weighted by Gasteiger charge is 2.32. The lowest BCUT2D eigenvalue weighted by Gasteiger charge is -2.36. The van der Waals surface area contributed by atoms with Crippen molar-refractivity contribution in [3.8, 4) is 0 Å². The summed E-state index contributed by atoms with van der Waals surface area (Å²) in [7, 11) is 0. The molecule has 0 saturated carbocycles. The summed E-state index contributed by atoms with van der Waals surface area (Å²) in [5, 5.41) is 11.1. The van der Waals surface area contributed by atoms with E-state index in [1.54, 1.807) is 16.2 Å². The number of carboxylic acids is 1. The number of nitrogens with zero attached hydrogens (tertiary/aromatic N) is 1. The van der Waals surface area contributed by atoms with Crippen molar-refractivity contribution in [1.29, 1.82) is 0 Å². The van der Waals surface area contributed by atoms with Gasteiger partial charge in [-0.3, -0.25) is 9.59 Å². The van der Waals surface area contributed by atoms with E-state index in [9.17, 15) is 9.59 Å². The summed E-state index contributed by atoms with van der Waals surface area (Å²) in [6.45, 7) is 2.35. The normalized spacial score (nSPS) is 22.8. The Bertz CT molecular complexity index is 502. The predicted molar refractivity (Wildman–Crippen MR) is 81.9 cm³/mol. The van der Waals surface area contributed by atoms with Crippen molar-refractivity contribution in [3.05, 3.63) is 20.8 Å². The van der Waals surface area contributed by atoms with Crippen LogP contribution in [-0.2, 0) is 16.0 Å². The summed E-state index contributed by atoms with van der Waals surface area (Å²) in [5.74, 6) is -1.14. The van der Waals surface area contributed by atoms with Gasteiger partial charge in [0.25, 0.3) is 0 Å². The average molecular weight is 360 g/mol. The van der Waals surface area contributed by atoms with E-state index in [1.807, 2.05) is 18.4 Å². The number of likely N-dealkylation sites (tertiary alicyclic amines) is 1. The van der Waals surface area contributed by atoms with Gasteiger partial charge in [0.1, 0.15) is 0 Å². The molecule has 6 heteroatoms. The van der Waals surface area contributed by atoms with Crippen LogP contribution < -0.4 is 0 Å². The molecule has 110 valence electrons. The molecule has 2 unspecified atom stereocenters. The summed E-state index contributed by atoms with van der Waals surface area (Å²) in [5.41, 5.74) is 0. The Morgan fingerprint density at radius 1 is 1.50 bits per heavy atom. The Hall–Kier alpha value is -0.880. The molecule has 1 amide bonds. The number of halogens is 1. The van der Waals surface area contributed by atoms with Crippen molar-refractivity contribution < 1.29 is 14.7 Å². The zero-order valence-corrected chi connectivity index (χ0v) is 13.7. The van der Waals surface area contributed by atoms with Gasteiger partial charge in [-0.2, -0.15) is 0 Å². The first-order valence-electron chi connectivity index (χ1n) is 6.72. The third-order valence-electron chi connectivity index (χ3n) is 3.76. The molecule has 20 heavy (non-hydrogen) atoms. The van der Waals surface area contributed by atoms with Crippen LogP contribution in [0.2, 0.25) is 0 Å². The minimum atomic E-state index is -0.795. The zero-order valence-electron chi connectivity index (χ0n) is 11.3.